The number of halogens is 1. The first-order chi connectivity index (χ1) is 12.0. The van der Waals surface area contributed by atoms with Gasteiger partial charge in [0.15, 0.2) is 0 Å². The van der Waals surface area contributed by atoms with Gasteiger partial charge in [-0.25, -0.2) is 0 Å². The Kier molecular flexibility index (Phi) is 5.19. The molecule has 1 aliphatic rings. The number of amides is 2. The Morgan fingerprint density at radius 3 is 2.40 bits per heavy atom. The molecule has 0 heterocycles. The molecule has 1 saturated carbocycles. The Hall–Kier alpha value is -2.59. The van der Waals surface area contributed by atoms with Crippen molar-refractivity contribution in [1.29, 1.82) is 0 Å². The van der Waals surface area contributed by atoms with Crippen molar-refractivity contribution in [2.24, 2.45) is 5.92 Å². The number of nitrogens with one attached hydrogen (secondary N) is 2. The Balaban J connectivity index is 1.68. The monoisotopic (exact) mass is 354 g/mol. The molecule has 2 amide bonds. The SMILES string of the molecule is Cc1c(NC(=O)/C=C/c2ccccc2Cl)cccc1NC(=O)C1CC1. The molecule has 3 rings (SSSR count). The number of benzene rings is 2. The van der Waals surface area contributed by atoms with Crippen molar-refractivity contribution in [1.82, 2.24) is 0 Å². The second-order valence-corrected chi connectivity index (χ2v) is 6.49. The van der Waals surface area contributed by atoms with Gasteiger partial charge in [0.05, 0.1) is 0 Å². The molecule has 5 heteroatoms. The zero-order chi connectivity index (χ0) is 17.8. The molecule has 1 fully saturated rings. The van der Waals surface area contributed by atoms with Gasteiger partial charge >= 0.3 is 0 Å². The van der Waals surface area contributed by atoms with Crippen molar-refractivity contribution in [3.63, 3.8) is 0 Å². The van der Waals surface area contributed by atoms with Gasteiger partial charge in [-0.1, -0.05) is 35.9 Å². The summed E-state index contributed by atoms with van der Waals surface area (Å²) < 4.78 is 0. The van der Waals surface area contributed by atoms with Crippen LogP contribution in [0.15, 0.2) is 48.5 Å². The van der Waals surface area contributed by atoms with Gasteiger partial charge in [-0.05, 0) is 55.2 Å². The minimum atomic E-state index is -0.256. The van der Waals surface area contributed by atoms with E-state index in [1.807, 2.05) is 43.3 Å². The molecule has 2 aromatic carbocycles. The van der Waals surface area contributed by atoms with Gasteiger partial charge in [-0.2, -0.15) is 0 Å². The smallest absolute Gasteiger partial charge is 0.248 e. The highest BCUT2D eigenvalue weighted by Gasteiger charge is 2.29. The van der Waals surface area contributed by atoms with E-state index < -0.39 is 0 Å². The van der Waals surface area contributed by atoms with Crippen LogP contribution in [-0.4, -0.2) is 11.8 Å². The molecule has 0 aliphatic heterocycles. The van der Waals surface area contributed by atoms with Crippen LogP contribution in [0.25, 0.3) is 6.08 Å². The van der Waals surface area contributed by atoms with Crippen LogP contribution in [0.3, 0.4) is 0 Å². The van der Waals surface area contributed by atoms with Crippen LogP contribution < -0.4 is 10.6 Å². The van der Waals surface area contributed by atoms with E-state index >= 15 is 0 Å². The summed E-state index contributed by atoms with van der Waals surface area (Å²) in [4.78, 5) is 24.1. The summed E-state index contributed by atoms with van der Waals surface area (Å²) in [7, 11) is 0. The Labute approximate surface area is 151 Å². The summed E-state index contributed by atoms with van der Waals surface area (Å²) in [6, 6.07) is 12.8. The lowest BCUT2D eigenvalue weighted by atomic mass is 10.1. The second-order valence-electron chi connectivity index (χ2n) is 6.09. The normalized spacial score (nSPS) is 13.7. The summed E-state index contributed by atoms with van der Waals surface area (Å²) in [5, 5.41) is 6.35. The van der Waals surface area contributed by atoms with Crippen molar-refractivity contribution >= 4 is 40.9 Å². The third kappa shape index (κ3) is 4.48. The maximum Gasteiger partial charge on any atom is 0.248 e. The summed E-state index contributed by atoms with van der Waals surface area (Å²) >= 11 is 6.07. The van der Waals surface area contributed by atoms with Crippen molar-refractivity contribution < 1.29 is 9.59 Å². The van der Waals surface area contributed by atoms with Gasteiger partial charge in [0, 0.05) is 28.4 Å². The fraction of sp³-hybridized carbons (Fsp3) is 0.200. The van der Waals surface area contributed by atoms with E-state index in [1.54, 1.807) is 12.1 Å². The lowest BCUT2D eigenvalue weighted by Crippen LogP contribution is -2.15. The molecule has 0 radical (unpaired) electrons. The summed E-state index contributed by atoms with van der Waals surface area (Å²) in [5.74, 6) is -0.0740. The highest BCUT2D eigenvalue weighted by Crippen LogP contribution is 2.31. The number of rotatable bonds is 5. The summed E-state index contributed by atoms with van der Waals surface area (Å²) in [5.41, 5.74) is 3.00. The zero-order valence-corrected chi connectivity index (χ0v) is 14.6. The number of anilines is 2. The first-order valence-corrected chi connectivity index (χ1v) is 8.56. The van der Waals surface area contributed by atoms with Gasteiger partial charge < -0.3 is 10.6 Å². The van der Waals surface area contributed by atoms with E-state index in [1.165, 1.54) is 6.08 Å². The van der Waals surface area contributed by atoms with Gasteiger partial charge in [-0.15, -0.1) is 0 Å². The number of carbonyl (C=O) groups excluding carboxylic acids is 2. The Morgan fingerprint density at radius 1 is 1.04 bits per heavy atom. The molecule has 0 spiro atoms. The maximum atomic E-state index is 12.2. The molecule has 4 nitrogen and oxygen atoms in total. The van der Waals surface area contributed by atoms with Gasteiger partial charge in [-0.3, -0.25) is 9.59 Å². The van der Waals surface area contributed by atoms with E-state index in [0.717, 1.165) is 29.7 Å². The first kappa shape index (κ1) is 17.2. The molecule has 0 aromatic heterocycles. The lowest BCUT2D eigenvalue weighted by molar-refractivity contribution is -0.117. The quantitative estimate of drug-likeness (QED) is 0.768. The average Bonchev–Trinajstić information content (AvgIpc) is 3.43. The van der Waals surface area contributed by atoms with Crippen LogP contribution in [0.2, 0.25) is 5.02 Å². The molecule has 0 unspecified atom stereocenters. The average molecular weight is 355 g/mol. The van der Waals surface area contributed by atoms with E-state index in [-0.39, 0.29) is 17.7 Å². The number of hydrogen-bond acceptors (Lipinski definition) is 2. The minimum absolute atomic E-state index is 0.0465. The molecule has 0 atom stereocenters. The molecule has 2 aromatic rings. The van der Waals surface area contributed by atoms with Crippen LogP contribution >= 0.6 is 11.6 Å². The largest absolute Gasteiger partial charge is 0.326 e. The lowest BCUT2D eigenvalue weighted by Gasteiger charge is -2.12. The molecule has 128 valence electrons. The third-order valence-corrected chi connectivity index (χ3v) is 4.46. The summed E-state index contributed by atoms with van der Waals surface area (Å²) in [6.07, 6.45) is 5.02. The van der Waals surface area contributed by atoms with Gasteiger partial charge in [0.2, 0.25) is 11.8 Å². The van der Waals surface area contributed by atoms with Crippen molar-refractivity contribution in [2.45, 2.75) is 19.8 Å². The molecule has 25 heavy (non-hydrogen) atoms. The van der Waals surface area contributed by atoms with Gasteiger partial charge in [0.25, 0.3) is 0 Å². The van der Waals surface area contributed by atoms with E-state index in [2.05, 4.69) is 10.6 Å². The highest BCUT2D eigenvalue weighted by atomic mass is 35.5. The Bertz CT molecular complexity index is 841. The van der Waals surface area contributed by atoms with Crippen LogP contribution in [0, 0.1) is 12.8 Å². The van der Waals surface area contributed by atoms with Crippen LogP contribution in [0.4, 0.5) is 11.4 Å². The second kappa shape index (κ2) is 7.53. The molecular formula is C20H19ClN2O2. The molecule has 1 aliphatic carbocycles. The minimum Gasteiger partial charge on any atom is -0.326 e. The molecular weight excluding hydrogens is 336 g/mol. The third-order valence-electron chi connectivity index (χ3n) is 4.12. The number of hydrogen-bond donors (Lipinski definition) is 2. The maximum absolute atomic E-state index is 12.2. The zero-order valence-electron chi connectivity index (χ0n) is 13.9. The van der Waals surface area contributed by atoms with E-state index in [0.29, 0.717) is 10.7 Å². The number of carbonyl (C=O) groups is 2. The van der Waals surface area contributed by atoms with Crippen LogP contribution in [-0.2, 0) is 9.59 Å². The van der Waals surface area contributed by atoms with Crippen LogP contribution in [0.5, 0.6) is 0 Å². The fourth-order valence-electron chi connectivity index (χ4n) is 2.44. The highest BCUT2D eigenvalue weighted by molar-refractivity contribution is 6.32. The summed E-state index contributed by atoms with van der Waals surface area (Å²) in [6.45, 7) is 1.87. The van der Waals surface area contributed by atoms with Gasteiger partial charge in [0.1, 0.15) is 0 Å². The van der Waals surface area contributed by atoms with E-state index in [4.69, 9.17) is 11.6 Å². The fourth-order valence-corrected chi connectivity index (χ4v) is 2.64. The van der Waals surface area contributed by atoms with Crippen molar-refractivity contribution in [2.75, 3.05) is 10.6 Å². The first-order valence-electron chi connectivity index (χ1n) is 8.18. The molecule has 0 saturated heterocycles. The predicted octanol–water partition coefficient (Wildman–Crippen LogP) is 4.65. The van der Waals surface area contributed by atoms with E-state index in [9.17, 15) is 9.59 Å². The van der Waals surface area contributed by atoms with Crippen LogP contribution in [0.1, 0.15) is 24.0 Å². The standard InChI is InChI=1S/C20H19ClN2O2/c1-13-17(7-4-8-18(13)23-20(25)15-9-10-15)22-19(24)12-11-14-5-2-3-6-16(14)21/h2-8,11-12,15H,9-10H2,1H3,(H,22,24)(H,23,25)/b12-11+. The molecule has 0 bridgehead atoms. The van der Waals surface area contributed by atoms with Crippen molar-refractivity contribution in [3.8, 4) is 0 Å². The van der Waals surface area contributed by atoms with Crippen molar-refractivity contribution in [3.05, 3.63) is 64.7 Å². The topological polar surface area (TPSA) is 58.2 Å². The predicted molar refractivity (Wildman–Crippen MR) is 102 cm³/mol. The molecule has 2 N–H and O–H groups in total. The Morgan fingerprint density at radius 2 is 1.72 bits per heavy atom.